The van der Waals surface area contributed by atoms with E-state index in [1.54, 1.807) is 6.92 Å². The summed E-state index contributed by atoms with van der Waals surface area (Å²) in [5, 5.41) is 0. The molecule has 58 valence electrons. The molecule has 0 aromatic heterocycles. The highest BCUT2D eigenvalue weighted by atomic mass is 32.1. The maximum absolute atomic E-state index is 10.8. The van der Waals surface area contributed by atoms with Gasteiger partial charge in [0, 0.05) is 5.57 Å². The molecule has 0 spiro atoms. The van der Waals surface area contributed by atoms with E-state index in [0.29, 0.717) is 5.92 Å². The Morgan fingerprint density at radius 2 is 1.70 bits per heavy atom. The molecule has 0 aromatic rings. The highest BCUT2D eigenvalue weighted by molar-refractivity contribution is 7.84. The van der Waals surface area contributed by atoms with E-state index in [2.05, 4.69) is 12.6 Å². The van der Waals surface area contributed by atoms with Crippen molar-refractivity contribution in [2.75, 3.05) is 0 Å². The Labute approximate surface area is 67.9 Å². The zero-order chi connectivity index (χ0) is 8.31. The molecule has 1 nitrogen and oxygen atoms in total. The second-order valence-electron chi connectivity index (χ2n) is 2.72. The van der Waals surface area contributed by atoms with E-state index in [1.165, 1.54) is 0 Å². The lowest BCUT2D eigenvalue weighted by atomic mass is 10.1. The van der Waals surface area contributed by atoms with E-state index in [4.69, 9.17) is 0 Å². The molecule has 0 rings (SSSR count). The van der Waals surface area contributed by atoms with Gasteiger partial charge >= 0.3 is 0 Å². The fourth-order valence-electron chi connectivity index (χ4n) is 0.613. The Hall–Kier alpha value is -0.240. The van der Waals surface area contributed by atoms with E-state index < -0.39 is 0 Å². The predicted octanol–water partition coefficient (Wildman–Crippen LogP) is 2.44. The molecular formula is C8H14OS. The molecule has 0 aromatic carbocycles. The Bertz CT molecular complexity index is 168. The summed E-state index contributed by atoms with van der Waals surface area (Å²) in [6, 6.07) is 0. The van der Waals surface area contributed by atoms with Crippen LogP contribution in [0.5, 0.6) is 0 Å². The first-order valence-electron chi connectivity index (χ1n) is 3.37. The largest absolute Gasteiger partial charge is 0.295 e. The number of carbonyl (C=O) groups is 1. The molecule has 0 fully saturated rings. The summed E-state index contributed by atoms with van der Waals surface area (Å²) < 4.78 is 0. The van der Waals surface area contributed by atoms with Gasteiger partial charge in [-0.05, 0) is 24.7 Å². The van der Waals surface area contributed by atoms with Gasteiger partial charge in [0.05, 0.1) is 0 Å². The van der Waals surface area contributed by atoms with Crippen molar-refractivity contribution in [1.82, 2.24) is 0 Å². The number of thiol groups is 1. The molecule has 0 amide bonds. The van der Waals surface area contributed by atoms with Gasteiger partial charge in [0.1, 0.15) is 0 Å². The van der Waals surface area contributed by atoms with Crippen LogP contribution in [0.15, 0.2) is 10.5 Å². The first kappa shape index (κ1) is 9.76. The van der Waals surface area contributed by atoms with Crippen molar-refractivity contribution in [2.45, 2.75) is 27.7 Å². The molecule has 0 radical (unpaired) electrons. The fourth-order valence-corrected chi connectivity index (χ4v) is 0.771. The van der Waals surface area contributed by atoms with Crippen LogP contribution in [-0.4, -0.2) is 5.78 Å². The quantitative estimate of drug-likeness (QED) is 0.482. The Balaban J connectivity index is 4.50. The molecule has 0 aliphatic heterocycles. The topological polar surface area (TPSA) is 17.1 Å². The van der Waals surface area contributed by atoms with Crippen LogP contribution in [0.4, 0.5) is 0 Å². The van der Waals surface area contributed by atoms with Crippen LogP contribution in [-0.2, 0) is 4.79 Å². The summed E-state index contributed by atoms with van der Waals surface area (Å²) in [6.07, 6.45) is 0. The number of hydrogen-bond donors (Lipinski definition) is 1. The van der Waals surface area contributed by atoms with Crippen molar-refractivity contribution >= 4 is 18.4 Å². The number of Topliss-reactive ketones (excluding diaryl/α,β-unsaturated/α-hetero) is 1. The van der Waals surface area contributed by atoms with Crippen LogP contribution in [0.1, 0.15) is 27.7 Å². The third-order valence-electron chi connectivity index (χ3n) is 1.46. The van der Waals surface area contributed by atoms with Crippen LogP contribution in [0, 0.1) is 5.92 Å². The monoisotopic (exact) mass is 158 g/mol. The average molecular weight is 158 g/mol. The zero-order valence-corrected chi connectivity index (χ0v) is 7.83. The molecule has 10 heavy (non-hydrogen) atoms. The summed E-state index contributed by atoms with van der Waals surface area (Å²) in [5.41, 5.74) is 0.776. The van der Waals surface area contributed by atoms with E-state index in [9.17, 15) is 4.79 Å². The highest BCUT2D eigenvalue weighted by Crippen LogP contribution is 2.18. The number of rotatable bonds is 2. The van der Waals surface area contributed by atoms with Gasteiger partial charge in [0.15, 0.2) is 5.78 Å². The fraction of sp³-hybridized carbons (Fsp3) is 0.625. The molecule has 0 bridgehead atoms. The Kier molecular flexibility index (Phi) is 3.72. The van der Waals surface area contributed by atoms with Crippen molar-refractivity contribution in [2.24, 2.45) is 5.92 Å². The molecule has 0 N–H and O–H groups in total. The minimum absolute atomic E-state index is 0.110. The predicted molar refractivity (Wildman–Crippen MR) is 47.2 cm³/mol. The van der Waals surface area contributed by atoms with Gasteiger partial charge in [-0.2, -0.15) is 0 Å². The lowest BCUT2D eigenvalue weighted by molar-refractivity contribution is -0.113. The molecule has 0 saturated heterocycles. The molecule has 2 heteroatoms. The van der Waals surface area contributed by atoms with Crippen LogP contribution in [0.2, 0.25) is 0 Å². The lowest BCUT2D eigenvalue weighted by Gasteiger charge is -2.06. The molecular weight excluding hydrogens is 144 g/mol. The SMILES string of the molecule is CC(=O)/C(C)=C(\S)C(C)C. The van der Waals surface area contributed by atoms with Crippen LogP contribution in [0.3, 0.4) is 0 Å². The number of allylic oxidation sites excluding steroid dienone is 2. The molecule has 0 aliphatic carbocycles. The van der Waals surface area contributed by atoms with E-state index in [-0.39, 0.29) is 5.78 Å². The van der Waals surface area contributed by atoms with Gasteiger partial charge in [-0.15, -0.1) is 12.6 Å². The first-order chi connectivity index (χ1) is 4.46. The van der Waals surface area contributed by atoms with Crippen molar-refractivity contribution < 1.29 is 4.79 Å². The summed E-state index contributed by atoms with van der Waals surface area (Å²) >= 11 is 4.22. The first-order valence-corrected chi connectivity index (χ1v) is 3.82. The highest BCUT2D eigenvalue weighted by Gasteiger charge is 2.05. The lowest BCUT2D eigenvalue weighted by Crippen LogP contribution is -1.98. The maximum atomic E-state index is 10.8. The minimum atomic E-state index is 0.110. The molecule has 0 atom stereocenters. The van der Waals surface area contributed by atoms with E-state index >= 15 is 0 Å². The summed E-state index contributed by atoms with van der Waals surface area (Å²) in [6.45, 7) is 7.42. The second kappa shape index (κ2) is 3.81. The number of carbonyl (C=O) groups excluding carboxylic acids is 1. The average Bonchev–Trinajstić information content (AvgIpc) is 1.84. The van der Waals surface area contributed by atoms with Gasteiger partial charge in [0.25, 0.3) is 0 Å². The van der Waals surface area contributed by atoms with E-state index in [1.807, 2.05) is 20.8 Å². The second-order valence-corrected chi connectivity index (χ2v) is 3.20. The third-order valence-corrected chi connectivity index (χ3v) is 2.31. The van der Waals surface area contributed by atoms with Crippen molar-refractivity contribution in [3.8, 4) is 0 Å². The standard InChI is InChI=1S/C8H14OS/c1-5(2)8(10)6(3)7(4)9/h5,10H,1-4H3/b8-6-. The van der Waals surface area contributed by atoms with Crippen molar-refractivity contribution in [3.05, 3.63) is 10.5 Å². The van der Waals surface area contributed by atoms with Gasteiger partial charge in [-0.25, -0.2) is 0 Å². The van der Waals surface area contributed by atoms with Crippen LogP contribution >= 0.6 is 12.6 Å². The van der Waals surface area contributed by atoms with Crippen LogP contribution < -0.4 is 0 Å². The summed E-state index contributed by atoms with van der Waals surface area (Å²) in [7, 11) is 0. The van der Waals surface area contributed by atoms with E-state index in [0.717, 1.165) is 10.5 Å². The molecule has 0 unspecified atom stereocenters. The smallest absolute Gasteiger partial charge is 0.156 e. The molecule has 0 aliphatic rings. The Morgan fingerprint density at radius 1 is 1.30 bits per heavy atom. The third kappa shape index (κ3) is 2.56. The minimum Gasteiger partial charge on any atom is -0.295 e. The number of hydrogen-bond acceptors (Lipinski definition) is 2. The van der Waals surface area contributed by atoms with Crippen molar-refractivity contribution in [3.63, 3.8) is 0 Å². The van der Waals surface area contributed by atoms with Gasteiger partial charge in [0.2, 0.25) is 0 Å². The Morgan fingerprint density at radius 3 is 1.80 bits per heavy atom. The van der Waals surface area contributed by atoms with Gasteiger partial charge in [-0.3, -0.25) is 4.79 Å². The van der Waals surface area contributed by atoms with Crippen molar-refractivity contribution in [1.29, 1.82) is 0 Å². The normalized spacial score (nSPS) is 13.4. The van der Waals surface area contributed by atoms with Crippen LogP contribution in [0.25, 0.3) is 0 Å². The summed E-state index contributed by atoms with van der Waals surface area (Å²) in [5.74, 6) is 0.464. The number of ketones is 1. The zero-order valence-electron chi connectivity index (χ0n) is 6.93. The van der Waals surface area contributed by atoms with Gasteiger partial charge < -0.3 is 0 Å². The summed E-state index contributed by atoms with van der Waals surface area (Å²) in [4.78, 5) is 11.7. The molecule has 0 saturated carbocycles. The maximum Gasteiger partial charge on any atom is 0.156 e. The van der Waals surface area contributed by atoms with Gasteiger partial charge in [-0.1, -0.05) is 13.8 Å². The molecule has 0 heterocycles.